The van der Waals surface area contributed by atoms with E-state index < -0.39 is 17.5 Å². The second-order valence-corrected chi connectivity index (χ2v) is 5.92. The minimum absolute atomic E-state index is 0.00287. The molecule has 0 bridgehead atoms. The van der Waals surface area contributed by atoms with Crippen LogP contribution in [0, 0.1) is 11.6 Å². The molecule has 2 aromatic rings. The summed E-state index contributed by atoms with van der Waals surface area (Å²) in [5.74, 6) is -1.28. The number of amides is 1. The molecule has 0 aliphatic carbocycles. The second-order valence-electron chi connectivity index (χ2n) is 5.92. The molecule has 138 valence electrons. The van der Waals surface area contributed by atoms with Crippen LogP contribution in [0.5, 0.6) is 5.75 Å². The van der Waals surface area contributed by atoms with Crippen molar-refractivity contribution in [2.24, 2.45) is 0 Å². The molecule has 5 nitrogen and oxygen atoms in total. The lowest BCUT2D eigenvalue weighted by molar-refractivity contribution is 0.0302. The van der Waals surface area contributed by atoms with Gasteiger partial charge in [0.1, 0.15) is 23.1 Å². The van der Waals surface area contributed by atoms with E-state index in [-0.39, 0.29) is 17.8 Å². The monoisotopic (exact) mass is 362 g/mol. The molecular weight excluding hydrogens is 342 g/mol. The standard InChI is InChI=1S/C19H20F2N2O3/c1-25-15-4-2-13(3-5-15)12-22-18-16(20)10-14(11-17(18)21)19(24)23-6-8-26-9-7-23/h2-5,10-11,22H,6-9,12H2,1H3. The Kier molecular flexibility index (Phi) is 5.68. The minimum atomic E-state index is -0.796. The SMILES string of the molecule is COc1ccc(CNc2c(F)cc(C(=O)N3CCOCC3)cc2F)cc1. The third-order valence-corrected chi connectivity index (χ3v) is 4.22. The number of carbonyl (C=O) groups excluding carboxylic acids is 1. The Balaban J connectivity index is 1.71. The molecule has 3 rings (SSSR count). The summed E-state index contributed by atoms with van der Waals surface area (Å²) in [6, 6.07) is 9.28. The van der Waals surface area contributed by atoms with Gasteiger partial charge in [-0.3, -0.25) is 4.79 Å². The highest BCUT2D eigenvalue weighted by atomic mass is 19.1. The molecule has 1 heterocycles. The second kappa shape index (κ2) is 8.14. The molecule has 2 aromatic carbocycles. The number of anilines is 1. The first-order valence-electron chi connectivity index (χ1n) is 8.31. The van der Waals surface area contributed by atoms with E-state index in [1.54, 1.807) is 31.4 Å². The van der Waals surface area contributed by atoms with Crippen LogP contribution in [-0.4, -0.2) is 44.2 Å². The van der Waals surface area contributed by atoms with Crippen molar-refractivity contribution in [1.82, 2.24) is 4.90 Å². The summed E-state index contributed by atoms with van der Waals surface area (Å²) in [6.45, 7) is 1.93. The molecule has 7 heteroatoms. The molecule has 26 heavy (non-hydrogen) atoms. The average Bonchev–Trinajstić information content (AvgIpc) is 2.67. The molecule has 0 aromatic heterocycles. The summed E-state index contributed by atoms with van der Waals surface area (Å²) in [5.41, 5.74) is 0.592. The first-order valence-corrected chi connectivity index (χ1v) is 8.31. The number of halogens is 2. The predicted molar refractivity (Wildman–Crippen MR) is 93.4 cm³/mol. The summed E-state index contributed by atoms with van der Waals surface area (Å²) in [7, 11) is 1.57. The maximum Gasteiger partial charge on any atom is 0.254 e. The van der Waals surface area contributed by atoms with E-state index in [1.165, 1.54) is 4.90 Å². The number of nitrogens with zero attached hydrogens (tertiary/aromatic N) is 1. The molecule has 0 spiro atoms. The molecule has 1 fully saturated rings. The molecule has 1 N–H and O–H groups in total. The minimum Gasteiger partial charge on any atom is -0.497 e. The summed E-state index contributed by atoms with van der Waals surface area (Å²) in [6.07, 6.45) is 0. The van der Waals surface area contributed by atoms with Crippen molar-refractivity contribution in [3.8, 4) is 5.75 Å². The zero-order valence-electron chi connectivity index (χ0n) is 14.4. The Morgan fingerprint density at radius 3 is 2.35 bits per heavy atom. The van der Waals surface area contributed by atoms with E-state index in [2.05, 4.69) is 5.32 Å². The Morgan fingerprint density at radius 2 is 1.77 bits per heavy atom. The van der Waals surface area contributed by atoms with Crippen LogP contribution in [0.15, 0.2) is 36.4 Å². The number of hydrogen-bond donors (Lipinski definition) is 1. The van der Waals surface area contributed by atoms with Gasteiger partial charge in [-0.25, -0.2) is 8.78 Å². The molecule has 1 aliphatic heterocycles. The van der Waals surface area contributed by atoms with E-state index in [4.69, 9.17) is 9.47 Å². The van der Waals surface area contributed by atoms with Gasteiger partial charge in [0.15, 0.2) is 0 Å². The van der Waals surface area contributed by atoms with Crippen LogP contribution < -0.4 is 10.1 Å². The smallest absolute Gasteiger partial charge is 0.254 e. The van der Waals surface area contributed by atoms with E-state index in [0.717, 1.165) is 17.7 Å². The fourth-order valence-electron chi connectivity index (χ4n) is 2.75. The fourth-order valence-corrected chi connectivity index (χ4v) is 2.75. The Labute approximate surface area is 150 Å². The quantitative estimate of drug-likeness (QED) is 0.888. The van der Waals surface area contributed by atoms with E-state index in [0.29, 0.717) is 32.1 Å². The summed E-state index contributed by atoms with van der Waals surface area (Å²) >= 11 is 0. The van der Waals surface area contributed by atoms with Crippen LogP contribution in [0.3, 0.4) is 0 Å². The number of carbonyl (C=O) groups is 1. The van der Waals surface area contributed by atoms with Crippen molar-refractivity contribution in [1.29, 1.82) is 0 Å². The normalized spacial score (nSPS) is 14.2. The molecule has 1 amide bonds. The van der Waals surface area contributed by atoms with Crippen LogP contribution in [0.2, 0.25) is 0 Å². The maximum atomic E-state index is 14.3. The maximum absolute atomic E-state index is 14.3. The summed E-state index contributed by atoms with van der Waals surface area (Å²) < 4.78 is 38.9. The van der Waals surface area contributed by atoms with Crippen molar-refractivity contribution >= 4 is 11.6 Å². The largest absolute Gasteiger partial charge is 0.497 e. The van der Waals surface area contributed by atoms with Gasteiger partial charge in [0, 0.05) is 25.2 Å². The number of hydrogen-bond acceptors (Lipinski definition) is 4. The number of morpholine rings is 1. The third kappa shape index (κ3) is 4.11. The number of methoxy groups -OCH3 is 1. The van der Waals surface area contributed by atoms with Crippen molar-refractivity contribution < 1.29 is 23.0 Å². The lowest BCUT2D eigenvalue weighted by Gasteiger charge is -2.27. The Bertz CT molecular complexity index is 752. The third-order valence-electron chi connectivity index (χ3n) is 4.22. The van der Waals surface area contributed by atoms with E-state index in [1.807, 2.05) is 0 Å². The molecule has 0 atom stereocenters. The predicted octanol–water partition coefficient (Wildman–Crippen LogP) is 3.06. The zero-order chi connectivity index (χ0) is 18.5. The first kappa shape index (κ1) is 18.1. The highest BCUT2D eigenvalue weighted by Crippen LogP contribution is 2.23. The highest BCUT2D eigenvalue weighted by Gasteiger charge is 2.21. The topological polar surface area (TPSA) is 50.8 Å². The molecule has 0 unspecified atom stereocenters. The van der Waals surface area contributed by atoms with Crippen LogP contribution >= 0.6 is 0 Å². The van der Waals surface area contributed by atoms with E-state index >= 15 is 0 Å². The van der Waals surface area contributed by atoms with Gasteiger partial charge in [0.2, 0.25) is 0 Å². The van der Waals surface area contributed by atoms with Crippen molar-refractivity contribution in [2.75, 3.05) is 38.7 Å². The molecular formula is C19H20F2N2O3. The van der Waals surface area contributed by atoms with Gasteiger partial charge >= 0.3 is 0 Å². The number of benzene rings is 2. The van der Waals surface area contributed by atoms with Gasteiger partial charge in [-0.1, -0.05) is 12.1 Å². The molecule has 1 aliphatic rings. The van der Waals surface area contributed by atoms with Gasteiger partial charge in [-0.2, -0.15) is 0 Å². The molecule has 1 saturated heterocycles. The summed E-state index contributed by atoms with van der Waals surface area (Å²) in [4.78, 5) is 13.9. The van der Waals surface area contributed by atoms with Crippen LogP contribution in [-0.2, 0) is 11.3 Å². The Morgan fingerprint density at radius 1 is 1.15 bits per heavy atom. The lowest BCUT2D eigenvalue weighted by atomic mass is 10.1. The van der Waals surface area contributed by atoms with Crippen LogP contribution in [0.4, 0.5) is 14.5 Å². The number of ether oxygens (including phenoxy) is 2. The zero-order valence-corrected chi connectivity index (χ0v) is 14.4. The number of nitrogens with one attached hydrogen (secondary N) is 1. The van der Waals surface area contributed by atoms with Crippen molar-refractivity contribution in [3.05, 3.63) is 59.2 Å². The summed E-state index contributed by atoms with van der Waals surface area (Å²) in [5, 5.41) is 2.74. The Hall–Kier alpha value is -2.67. The molecule has 0 radical (unpaired) electrons. The average molecular weight is 362 g/mol. The van der Waals surface area contributed by atoms with Gasteiger partial charge < -0.3 is 19.7 Å². The number of rotatable bonds is 5. The van der Waals surface area contributed by atoms with Gasteiger partial charge in [-0.05, 0) is 29.8 Å². The van der Waals surface area contributed by atoms with Gasteiger partial charge in [0.25, 0.3) is 5.91 Å². The van der Waals surface area contributed by atoms with Gasteiger partial charge in [0.05, 0.1) is 20.3 Å². The van der Waals surface area contributed by atoms with Crippen LogP contribution in [0.1, 0.15) is 15.9 Å². The lowest BCUT2D eigenvalue weighted by Crippen LogP contribution is -2.40. The molecule has 0 saturated carbocycles. The van der Waals surface area contributed by atoms with Crippen molar-refractivity contribution in [2.45, 2.75) is 6.54 Å². The fraction of sp³-hybridized carbons (Fsp3) is 0.316. The van der Waals surface area contributed by atoms with Crippen molar-refractivity contribution in [3.63, 3.8) is 0 Å². The first-order chi connectivity index (χ1) is 12.6. The highest BCUT2D eigenvalue weighted by molar-refractivity contribution is 5.94. The van der Waals surface area contributed by atoms with E-state index in [9.17, 15) is 13.6 Å². The van der Waals surface area contributed by atoms with Crippen LogP contribution in [0.25, 0.3) is 0 Å². The van der Waals surface area contributed by atoms with Gasteiger partial charge in [-0.15, -0.1) is 0 Å².